The van der Waals surface area contributed by atoms with Crippen LogP contribution in [0.1, 0.15) is 33.1 Å². The van der Waals surface area contributed by atoms with Crippen molar-refractivity contribution < 1.29 is 8.76 Å². The van der Waals surface area contributed by atoms with Gasteiger partial charge in [0, 0.05) is 13.1 Å². The molecule has 4 heteroatoms. The van der Waals surface area contributed by atoms with Gasteiger partial charge in [0.15, 0.2) is 0 Å². The van der Waals surface area contributed by atoms with Gasteiger partial charge in [0.2, 0.25) is 11.3 Å². The van der Waals surface area contributed by atoms with E-state index in [9.17, 15) is 4.21 Å². The highest BCUT2D eigenvalue weighted by Gasteiger charge is 2.05. The van der Waals surface area contributed by atoms with Gasteiger partial charge < -0.3 is 0 Å². The van der Waals surface area contributed by atoms with E-state index in [4.69, 9.17) is 4.55 Å². The minimum Gasteiger partial charge on any atom is -0.294 e. The van der Waals surface area contributed by atoms with Gasteiger partial charge in [-0.1, -0.05) is 26.7 Å². The Morgan fingerprint density at radius 1 is 1.36 bits per heavy atom. The lowest BCUT2D eigenvalue weighted by Crippen LogP contribution is -2.26. The molecule has 0 aromatic heterocycles. The molecule has 11 heavy (non-hydrogen) atoms. The summed E-state index contributed by atoms with van der Waals surface area (Å²) in [5.74, 6) is 0. The monoisotopic (exact) mass is 179 g/mol. The quantitative estimate of drug-likeness (QED) is 0.497. The molecule has 0 saturated carbocycles. The summed E-state index contributed by atoms with van der Waals surface area (Å²) < 4.78 is 20.8. The van der Waals surface area contributed by atoms with Crippen molar-refractivity contribution in [1.29, 1.82) is 0 Å². The molecule has 0 aliphatic rings. The molecule has 0 heterocycles. The fourth-order valence-corrected chi connectivity index (χ4v) is 1.39. The van der Waals surface area contributed by atoms with Gasteiger partial charge in [-0.25, -0.2) is 8.51 Å². The van der Waals surface area contributed by atoms with Crippen LogP contribution in [0.25, 0.3) is 0 Å². The van der Waals surface area contributed by atoms with Crippen LogP contribution in [0.5, 0.6) is 0 Å². The van der Waals surface area contributed by atoms with E-state index in [1.165, 1.54) is 0 Å². The van der Waals surface area contributed by atoms with Gasteiger partial charge in [0.1, 0.15) is 0 Å². The summed E-state index contributed by atoms with van der Waals surface area (Å²) in [4.78, 5) is 0. The molecule has 0 bridgehead atoms. The molecular formula is C7H17NO2S. The van der Waals surface area contributed by atoms with Crippen LogP contribution in [-0.2, 0) is 11.3 Å². The first-order chi connectivity index (χ1) is 5.22. The van der Waals surface area contributed by atoms with Crippen LogP contribution in [0, 0.1) is 0 Å². The second kappa shape index (κ2) is 6.76. The smallest absolute Gasteiger partial charge is 0.234 e. The Morgan fingerprint density at radius 2 is 2.00 bits per heavy atom. The van der Waals surface area contributed by atoms with E-state index < -0.39 is 11.3 Å². The molecule has 0 amide bonds. The van der Waals surface area contributed by atoms with Crippen molar-refractivity contribution in [2.75, 3.05) is 13.1 Å². The van der Waals surface area contributed by atoms with Crippen LogP contribution < -0.4 is 0 Å². The zero-order chi connectivity index (χ0) is 8.69. The third kappa shape index (κ3) is 5.35. The minimum atomic E-state index is -1.77. The third-order valence-electron chi connectivity index (χ3n) is 1.58. The molecule has 1 N–H and O–H groups in total. The van der Waals surface area contributed by atoms with E-state index in [1.807, 2.05) is 6.92 Å². The Bertz CT molecular complexity index is 119. The highest BCUT2D eigenvalue weighted by Crippen LogP contribution is 1.99. The number of nitrogens with zero attached hydrogens (tertiary/aromatic N) is 1. The van der Waals surface area contributed by atoms with Crippen LogP contribution in [0.2, 0.25) is 0 Å². The van der Waals surface area contributed by atoms with E-state index >= 15 is 0 Å². The van der Waals surface area contributed by atoms with Crippen molar-refractivity contribution in [2.45, 2.75) is 33.1 Å². The predicted octanol–water partition coefficient (Wildman–Crippen LogP) is 1.64. The molecule has 0 spiro atoms. The molecule has 0 radical (unpaired) electrons. The molecular weight excluding hydrogens is 162 g/mol. The van der Waals surface area contributed by atoms with Gasteiger partial charge >= 0.3 is 0 Å². The van der Waals surface area contributed by atoms with Crippen LogP contribution in [0.3, 0.4) is 0 Å². The van der Waals surface area contributed by atoms with Gasteiger partial charge in [-0.3, -0.25) is 4.55 Å². The number of hydrogen-bond acceptors (Lipinski definition) is 1. The molecule has 0 fully saturated rings. The summed E-state index contributed by atoms with van der Waals surface area (Å²) in [6, 6.07) is 0. The van der Waals surface area contributed by atoms with Crippen molar-refractivity contribution in [3.63, 3.8) is 0 Å². The van der Waals surface area contributed by atoms with Crippen molar-refractivity contribution in [3.05, 3.63) is 0 Å². The Labute approximate surface area is 71.2 Å². The molecule has 0 rings (SSSR count). The van der Waals surface area contributed by atoms with Crippen molar-refractivity contribution in [1.82, 2.24) is 4.31 Å². The average molecular weight is 179 g/mol. The Hall–Kier alpha value is 0.0700. The summed E-state index contributed by atoms with van der Waals surface area (Å²) in [6.45, 7) is 5.38. The van der Waals surface area contributed by atoms with E-state index in [1.54, 1.807) is 4.31 Å². The fraction of sp³-hybridized carbons (Fsp3) is 1.00. The molecule has 1 atom stereocenters. The standard InChI is InChI=1S/C7H17NO2S/c1-3-5-6-7-8(4-2)11(9)10/h3-7H2,1-2H3,(H,9,10). The van der Waals surface area contributed by atoms with Crippen molar-refractivity contribution in [2.24, 2.45) is 0 Å². The molecule has 68 valence electrons. The van der Waals surface area contributed by atoms with Crippen LogP contribution in [-0.4, -0.2) is 26.2 Å². The number of hydrogen-bond donors (Lipinski definition) is 1. The lowest BCUT2D eigenvalue weighted by Gasteiger charge is -2.13. The van der Waals surface area contributed by atoms with Gasteiger partial charge in [0.05, 0.1) is 0 Å². The van der Waals surface area contributed by atoms with Gasteiger partial charge in [-0.05, 0) is 6.42 Å². The highest BCUT2D eigenvalue weighted by atomic mass is 32.2. The molecule has 0 aromatic rings. The van der Waals surface area contributed by atoms with E-state index in [0.717, 1.165) is 25.8 Å². The first-order valence-electron chi connectivity index (χ1n) is 4.08. The molecule has 0 aliphatic heterocycles. The predicted molar refractivity (Wildman–Crippen MR) is 47.5 cm³/mol. The summed E-state index contributed by atoms with van der Waals surface area (Å²) in [5.41, 5.74) is 0. The summed E-state index contributed by atoms with van der Waals surface area (Å²) in [7, 11) is 0. The average Bonchev–Trinajstić information content (AvgIpc) is 1.97. The van der Waals surface area contributed by atoms with Crippen LogP contribution in [0.4, 0.5) is 0 Å². The maximum Gasteiger partial charge on any atom is 0.234 e. The molecule has 3 nitrogen and oxygen atoms in total. The zero-order valence-electron chi connectivity index (χ0n) is 7.25. The maximum absolute atomic E-state index is 10.6. The highest BCUT2D eigenvalue weighted by molar-refractivity contribution is 7.76. The van der Waals surface area contributed by atoms with E-state index in [0.29, 0.717) is 6.54 Å². The maximum atomic E-state index is 10.6. The van der Waals surface area contributed by atoms with Gasteiger partial charge in [-0.2, -0.15) is 0 Å². The summed E-state index contributed by atoms with van der Waals surface area (Å²) in [6.07, 6.45) is 3.29. The minimum absolute atomic E-state index is 0.646. The first-order valence-corrected chi connectivity index (χ1v) is 5.14. The Kier molecular flexibility index (Phi) is 6.80. The van der Waals surface area contributed by atoms with Gasteiger partial charge in [0.25, 0.3) is 0 Å². The van der Waals surface area contributed by atoms with Crippen LogP contribution >= 0.6 is 0 Å². The largest absolute Gasteiger partial charge is 0.294 e. The number of rotatable bonds is 6. The Morgan fingerprint density at radius 3 is 2.36 bits per heavy atom. The topological polar surface area (TPSA) is 40.5 Å². The molecule has 0 saturated heterocycles. The SMILES string of the molecule is CCCCCN(CC)S(=O)O. The van der Waals surface area contributed by atoms with Crippen LogP contribution in [0.15, 0.2) is 0 Å². The lowest BCUT2D eigenvalue weighted by atomic mass is 10.2. The van der Waals surface area contributed by atoms with E-state index in [2.05, 4.69) is 6.92 Å². The second-order valence-corrected chi connectivity index (χ2v) is 3.44. The molecule has 1 unspecified atom stereocenters. The zero-order valence-corrected chi connectivity index (χ0v) is 8.06. The lowest BCUT2D eigenvalue weighted by molar-refractivity contribution is 0.400. The molecule has 0 aliphatic carbocycles. The third-order valence-corrected chi connectivity index (χ3v) is 2.47. The number of unbranched alkanes of at least 4 members (excludes halogenated alkanes) is 2. The van der Waals surface area contributed by atoms with E-state index in [-0.39, 0.29) is 0 Å². The Balaban J connectivity index is 3.44. The van der Waals surface area contributed by atoms with Gasteiger partial charge in [-0.15, -0.1) is 0 Å². The fourth-order valence-electron chi connectivity index (χ4n) is 0.885. The molecule has 0 aromatic carbocycles. The van der Waals surface area contributed by atoms with Crippen molar-refractivity contribution in [3.8, 4) is 0 Å². The summed E-state index contributed by atoms with van der Waals surface area (Å²) in [5, 5.41) is 0. The van der Waals surface area contributed by atoms with Crippen molar-refractivity contribution >= 4 is 11.3 Å². The second-order valence-electron chi connectivity index (χ2n) is 2.46. The normalized spacial score (nSPS) is 13.8. The summed E-state index contributed by atoms with van der Waals surface area (Å²) >= 11 is -1.77. The first kappa shape index (κ1) is 11.1.